The Balaban J connectivity index is 1.88. The number of hydrogen-bond donors (Lipinski definition) is 10. The van der Waals surface area contributed by atoms with E-state index in [1.807, 2.05) is 0 Å². The number of nitrogens with zero attached hydrogens (tertiary/aromatic N) is 5. The van der Waals surface area contributed by atoms with Gasteiger partial charge in [0.15, 0.2) is 0 Å². The molecule has 0 saturated carbocycles. The van der Waals surface area contributed by atoms with Gasteiger partial charge in [-0.2, -0.15) is 0 Å². The predicted molar refractivity (Wildman–Crippen MR) is 157 cm³/mol. The minimum absolute atomic E-state index is 0.0624. The van der Waals surface area contributed by atoms with Crippen LogP contribution in [0.4, 0.5) is 0 Å². The van der Waals surface area contributed by atoms with Crippen LogP contribution >= 0.6 is 15.2 Å². The zero-order valence-corrected chi connectivity index (χ0v) is 26.6. The van der Waals surface area contributed by atoms with Gasteiger partial charge in [0, 0.05) is 77.8 Å². The van der Waals surface area contributed by atoms with E-state index in [9.17, 15) is 68.3 Å². The third-order valence-corrected chi connectivity index (χ3v) is 11.1. The number of aliphatic hydroxyl groups is 1. The number of carbonyl (C=O) groups is 4. The number of rotatable bonds is 18. The number of imidazole rings is 1. The molecule has 10 N–H and O–H groups in total. The Morgan fingerprint density at radius 3 is 1.87 bits per heavy atom. The summed E-state index contributed by atoms with van der Waals surface area (Å²) in [6.45, 7) is 0.523. The summed E-state index contributed by atoms with van der Waals surface area (Å²) in [5.41, 5.74) is 3.02. The second-order valence-electron chi connectivity index (χ2n) is 10.7. The fraction of sp³-hybridized carbons (Fsp3) is 0.696. The van der Waals surface area contributed by atoms with Crippen molar-refractivity contribution in [3.63, 3.8) is 0 Å². The number of nitrogens with one attached hydrogen (secondary N) is 2. The summed E-state index contributed by atoms with van der Waals surface area (Å²) in [5.74, 6) is -3.76. The first-order valence-corrected chi connectivity index (χ1v) is 17.3. The quantitative estimate of drug-likeness (QED) is 0.0674. The maximum Gasteiger partial charge on any atom is 0.369 e. The lowest BCUT2D eigenvalue weighted by atomic mass is 10.1. The smallest absolute Gasteiger partial charge is 0.369 e. The van der Waals surface area contributed by atoms with E-state index in [1.54, 1.807) is 14.7 Å². The summed E-state index contributed by atoms with van der Waals surface area (Å²) in [6, 6.07) is -1.09. The highest BCUT2D eigenvalue weighted by Gasteiger charge is 2.58. The highest BCUT2D eigenvalue weighted by atomic mass is 31.2. The molecule has 0 radical (unpaired) electrons. The first-order valence-electron chi connectivity index (χ1n) is 14.0. The molecule has 2 rings (SSSR count). The Kier molecular flexibility index (Phi) is 14.7. The van der Waals surface area contributed by atoms with Gasteiger partial charge < -0.3 is 50.7 Å². The van der Waals surface area contributed by atoms with Crippen LogP contribution in [0.2, 0.25) is 0 Å². The third-order valence-electron chi connectivity index (χ3n) is 7.25. The molecule has 1 aromatic rings. The van der Waals surface area contributed by atoms with Crippen molar-refractivity contribution in [2.24, 2.45) is 0 Å². The maximum absolute atomic E-state index is 12.5. The van der Waals surface area contributed by atoms with Gasteiger partial charge in [-0.05, 0) is 6.42 Å². The van der Waals surface area contributed by atoms with Crippen LogP contribution in [0, 0.1) is 0 Å². The number of carboxylic acids is 3. The van der Waals surface area contributed by atoms with E-state index in [1.165, 1.54) is 17.2 Å². The van der Waals surface area contributed by atoms with Gasteiger partial charge in [-0.1, -0.05) is 0 Å². The lowest BCUT2D eigenvalue weighted by Crippen LogP contribution is -2.47. The summed E-state index contributed by atoms with van der Waals surface area (Å²) < 4.78 is 24.1. The van der Waals surface area contributed by atoms with E-state index < -0.39 is 63.1 Å². The molecule has 2 heterocycles. The number of aliphatic carboxylic acids is 3. The van der Waals surface area contributed by atoms with Gasteiger partial charge in [-0.3, -0.25) is 47.7 Å². The molecular formula is C23H41N7O14P2. The molecule has 1 amide bonds. The fourth-order valence-electron chi connectivity index (χ4n) is 4.71. The second-order valence-corrected chi connectivity index (χ2v) is 14.7. The second kappa shape index (κ2) is 17.3. The zero-order chi connectivity index (χ0) is 34.7. The van der Waals surface area contributed by atoms with E-state index in [4.69, 9.17) is 0 Å². The standard InChI is InChI=1S/C23H41N7O14P2/c31-19(24-5-3-17-13-30(16-25-17)26-6-4-23(38,45(39,40)41)46(42,43)44)2-1-18(22(36)37)29-11-9-27(14-20(32)33)7-8-28(10-12-29)15-21(34)35/h13,16,18,26,38H,1-12,14-15H2,(H,24,31)(H,32,33)(H,34,35)(H,36,37)(H2,39,40,41)(H2,42,43,44). The fourth-order valence-corrected chi connectivity index (χ4v) is 6.87. The summed E-state index contributed by atoms with van der Waals surface area (Å²) >= 11 is 0. The summed E-state index contributed by atoms with van der Waals surface area (Å²) in [7, 11) is -11.2. The molecule has 46 heavy (non-hydrogen) atoms. The molecule has 262 valence electrons. The Morgan fingerprint density at radius 2 is 1.39 bits per heavy atom. The molecule has 1 atom stereocenters. The van der Waals surface area contributed by atoms with Gasteiger partial charge >= 0.3 is 33.1 Å². The number of aromatic nitrogens is 2. The Hall–Kier alpha value is -2.97. The first kappa shape index (κ1) is 39.2. The first-order chi connectivity index (χ1) is 21.3. The lowest BCUT2D eigenvalue weighted by Gasteiger charge is -2.30. The average Bonchev–Trinajstić information content (AvgIpc) is 3.39. The number of amides is 1. The maximum atomic E-state index is 12.5. The lowest BCUT2D eigenvalue weighted by molar-refractivity contribution is -0.144. The molecular weight excluding hydrogens is 660 g/mol. The van der Waals surface area contributed by atoms with Gasteiger partial charge in [0.25, 0.3) is 5.08 Å². The van der Waals surface area contributed by atoms with Crippen LogP contribution in [0.25, 0.3) is 0 Å². The van der Waals surface area contributed by atoms with Crippen molar-refractivity contribution in [2.75, 3.05) is 70.9 Å². The van der Waals surface area contributed by atoms with Gasteiger partial charge in [-0.15, -0.1) is 0 Å². The van der Waals surface area contributed by atoms with Crippen molar-refractivity contribution in [3.05, 3.63) is 18.2 Å². The Labute approximate surface area is 263 Å². The van der Waals surface area contributed by atoms with Crippen LogP contribution in [-0.2, 0) is 34.7 Å². The van der Waals surface area contributed by atoms with Crippen molar-refractivity contribution in [1.82, 2.24) is 29.7 Å². The Morgan fingerprint density at radius 1 is 0.870 bits per heavy atom. The predicted octanol–water partition coefficient (Wildman–Crippen LogP) is -3.20. The molecule has 21 nitrogen and oxygen atoms in total. The van der Waals surface area contributed by atoms with E-state index in [-0.39, 0.29) is 65.1 Å². The number of hydrogen-bond acceptors (Lipinski definition) is 12. The van der Waals surface area contributed by atoms with Gasteiger partial charge in [-0.25, -0.2) is 4.98 Å². The van der Waals surface area contributed by atoms with Crippen LogP contribution < -0.4 is 10.7 Å². The van der Waals surface area contributed by atoms with E-state index in [2.05, 4.69) is 15.7 Å². The summed E-state index contributed by atoms with van der Waals surface area (Å²) in [4.78, 5) is 92.8. The van der Waals surface area contributed by atoms with Gasteiger partial charge in [0.2, 0.25) is 5.91 Å². The van der Waals surface area contributed by atoms with Crippen molar-refractivity contribution in [1.29, 1.82) is 0 Å². The molecule has 0 spiro atoms. The topological polar surface area (TPSA) is 316 Å². The van der Waals surface area contributed by atoms with Gasteiger partial charge in [0.05, 0.1) is 18.8 Å². The van der Waals surface area contributed by atoms with Crippen molar-refractivity contribution < 1.29 is 68.3 Å². The normalized spacial score (nSPS) is 17.0. The van der Waals surface area contributed by atoms with Crippen molar-refractivity contribution in [2.45, 2.75) is 36.8 Å². The minimum Gasteiger partial charge on any atom is -0.480 e. The molecule has 23 heteroatoms. The van der Waals surface area contributed by atoms with Crippen LogP contribution in [0.1, 0.15) is 25.0 Å². The molecule has 1 saturated heterocycles. The Bertz CT molecular complexity index is 1250. The number of carboxylic acid groups (broad SMARTS) is 3. The number of carbonyl (C=O) groups excluding carboxylic acids is 1. The van der Waals surface area contributed by atoms with Gasteiger partial charge in [0.1, 0.15) is 12.4 Å². The van der Waals surface area contributed by atoms with E-state index in [0.29, 0.717) is 18.8 Å². The molecule has 0 aliphatic carbocycles. The van der Waals surface area contributed by atoms with Crippen molar-refractivity contribution >= 4 is 39.0 Å². The molecule has 1 aromatic heterocycles. The van der Waals surface area contributed by atoms with Crippen molar-refractivity contribution in [3.8, 4) is 0 Å². The van der Waals surface area contributed by atoms with Crippen LogP contribution in [-0.4, -0.2) is 165 Å². The summed E-state index contributed by atoms with van der Waals surface area (Å²) in [6.07, 6.45) is 1.72. The van der Waals surface area contributed by atoms with Crippen LogP contribution in [0.3, 0.4) is 0 Å². The molecule has 1 fully saturated rings. The highest BCUT2D eigenvalue weighted by Crippen LogP contribution is 2.68. The zero-order valence-electron chi connectivity index (χ0n) is 24.8. The molecule has 1 aliphatic rings. The largest absolute Gasteiger partial charge is 0.480 e. The SMILES string of the molecule is O=C(O)CN1CCN(CC(=O)O)CCN(C(CCC(=O)NCCc2cn(NCCC(O)(P(=O)(O)O)P(=O)(O)O)cn2)C(=O)O)CC1. The van der Waals surface area contributed by atoms with Crippen LogP contribution in [0.15, 0.2) is 12.5 Å². The molecule has 1 unspecified atom stereocenters. The van der Waals surface area contributed by atoms with Crippen LogP contribution in [0.5, 0.6) is 0 Å². The third kappa shape index (κ3) is 12.3. The molecule has 1 aliphatic heterocycles. The minimum atomic E-state index is -5.59. The average molecular weight is 702 g/mol. The molecule has 0 aromatic carbocycles. The monoisotopic (exact) mass is 701 g/mol. The molecule has 0 bridgehead atoms. The highest BCUT2D eigenvalue weighted by molar-refractivity contribution is 7.72. The summed E-state index contributed by atoms with van der Waals surface area (Å²) in [5, 5.41) is 37.3. The van der Waals surface area contributed by atoms with E-state index >= 15 is 0 Å². The van der Waals surface area contributed by atoms with E-state index in [0.717, 1.165) is 0 Å².